The van der Waals surface area contributed by atoms with E-state index in [1.807, 2.05) is 55.5 Å². The van der Waals surface area contributed by atoms with Crippen LogP contribution in [0.15, 0.2) is 53.4 Å². The van der Waals surface area contributed by atoms with Crippen molar-refractivity contribution in [3.05, 3.63) is 59.0 Å². The lowest BCUT2D eigenvalue weighted by molar-refractivity contribution is -0.115. The molecule has 2 aromatic carbocycles. The van der Waals surface area contributed by atoms with Gasteiger partial charge in [-0.1, -0.05) is 48.2 Å². The number of ether oxygens (including phenoxy) is 3. The van der Waals surface area contributed by atoms with Crippen LogP contribution in [0.4, 0.5) is 0 Å². The quantitative estimate of drug-likeness (QED) is 0.409. The van der Waals surface area contributed by atoms with Crippen molar-refractivity contribution in [1.82, 2.24) is 5.32 Å². The van der Waals surface area contributed by atoms with Crippen molar-refractivity contribution >= 4 is 40.3 Å². The second kappa shape index (κ2) is 9.43. The van der Waals surface area contributed by atoms with Gasteiger partial charge < -0.3 is 19.5 Å². The molecule has 1 heterocycles. The molecular weight excluding hydrogens is 382 g/mol. The number of rotatable bonds is 8. The molecule has 0 saturated carbocycles. The van der Waals surface area contributed by atoms with Crippen molar-refractivity contribution in [2.75, 3.05) is 19.8 Å². The predicted octanol–water partition coefficient (Wildman–Crippen LogP) is 4.03. The van der Waals surface area contributed by atoms with Gasteiger partial charge in [0.05, 0.1) is 11.5 Å². The van der Waals surface area contributed by atoms with Crippen molar-refractivity contribution in [2.24, 2.45) is 0 Å². The lowest BCUT2D eigenvalue weighted by Gasteiger charge is -2.13. The zero-order valence-corrected chi connectivity index (χ0v) is 16.4. The summed E-state index contributed by atoms with van der Waals surface area (Å²) in [5.74, 6) is 1.88. The predicted molar refractivity (Wildman–Crippen MR) is 111 cm³/mol. The van der Waals surface area contributed by atoms with E-state index >= 15 is 0 Å². The molecular formula is C20H19NO4S2. The lowest BCUT2D eigenvalue weighted by atomic mass is 10.2. The van der Waals surface area contributed by atoms with Gasteiger partial charge in [0.15, 0.2) is 11.5 Å². The molecule has 1 aliphatic heterocycles. The third-order valence-corrected chi connectivity index (χ3v) is 4.72. The van der Waals surface area contributed by atoms with Gasteiger partial charge >= 0.3 is 0 Å². The Kier molecular flexibility index (Phi) is 6.73. The Balaban J connectivity index is 1.64. The molecule has 1 saturated heterocycles. The summed E-state index contributed by atoms with van der Waals surface area (Å²) in [6.07, 6.45) is 1.78. The lowest BCUT2D eigenvalue weighted by Crippen LogP contribution is -2.17. The minimum absolute atomic E-state index is 0.179. The first-order valence-electron chi connectivity index (χ1n) is 8.48. The van der Waals surface area contributed by atoms with E-state index in [0.29, 0.717) is 40.5 Å². The normalized spacial score (nSPS) is 14.9. The van der Waals surface area contributed by atoms with E-state index in [4.69, 9.17) is 26.4 Å². The Labute approximate surface area is 167 Å². The fraction of sp³-hybridized carbons (Fsp3) is 0.200. The van der Waals surface area contributed by atoms with Gasteiger partial charge in [-0.25, -0.2) is 0 Å². The third kappa shape index (κ3) is 5.48. The van der Waals surface area contributed by atoms with Crippen LogP contribution >= 0.6 is 24.0 Å². The molecule has 0 aromatic heterocycles. The van der Waals surface area contributed by atoms with Gasteiger partial charge in [0.2, 0.25) is 0 Å². The van der Waals surface area contributed by atoms with Crippen LogP contribution in [0.1, 0.15) is 12.5 Å². The van der Waals surface area contributed by atoms with E-state index in [1.54, 1.807) is 6.08 Å². The Morgan fingerprint density at radius 2 is 1.81 bits per heavy atom. The monoisotopic (exact) mass is 401 g/mol. The fourth-order valence-corrected chi connectivity index (χ4v) is 3.45. The molecule has 7 heteroatoms. The standard InChI is InChI=1S/C20H19NO4S2/c1-2-23-17-12-14(13-18-19(22)21-20(26)27-18)8-9-16(17)25-11-10-24-15-6-4-3-5-7-15/h3-9,12-13H,2,10-11H2,1H3,(H,21,22,26)/b18-13+. The number of benzene rings is 2. The van der Waals surface area contributed by atoms with Crippen LogP contribution in [0.25, 0.3) is 6.08 Å². The average molecular weight is 402 g/mol. The molecule has 0 unspecified atom stereocenters. The van der Waals surface area contributed by atoms with Crippen LogP contribution in [0.5, 0.6) is 17.2 Å². The van der Waals surface area contributed by atoms with Crippen molar-refractivity contribution in [3.63, 3.8) is 0 Å². The van der Waals surface area contributed by atoms with Crippen LogP contribution in [-0.4, -0.2) is 30.0 Å². The Bertz CT molecular complexity index is 852. The molecule has 5 nitrogen and oxygen atoms in total. The van der Waals surface area contributed by atoms with Gasteiger partial charge in [0, 0.05) is 0 Å². The number of hydrogen-bond donors (Lipinski definition) is 1. The maximum atomic E-state index is 11.8. The second-order valence-electron chi connectivity index (χ2n) is 5.50. The fourth-order valence-electron chi connectivity index (χ4n) is 2.40. The highest BCUT2D eigenvalue weighted by atomic mass is 32.2. The van der Waals surface area contributed by atoms with Gasteiger partial charge in [-0.15, -0.1) is 0 Å². The Hall–Kier alpha value is -2.51. The van der Waals surface area contributed by atoms with E-state index in [2.05, 4.69) is 5.32 Å². The van der Waals surface area contributed by atoms with Crippen LogP contribution in [0.2, 0.25) is 0 Å². The number of thiocarbonyl (C=S) groups is 1. The molecule has 0 spiro atoms. The van der Waals surface area contributed by atoms with E-state index in [1.165, 1.54) is 11.8 Å². The van der Waals surface area contributed by atoms with Crippen LogP contribution in [-0.2, 0) is 4.79 Å². The SMILES string of the molecule is CCOc1cc(/C=C2/SC(=S)NC2=O)ccc1OCCOc1ccccc1. The number of nitrogens with one attached hydrogen (secondary N) is 1. The highest BCUT2D eigenvalue weighted by Crippen LogP contribution is 2.31. The highest BCUT2D eigenvalue weighted by Gasteiger charge is 2.22. The number of hydrogen-bond acceptors (Lipinski definition) is 6. The summed E-state index contributed by atoms with van der Waals surface area (Å²) in [4.78, 5) is 12.4. The summed E-state index contributed by atoms with van der Waals surface area (Å²) in [5.41, 5.74) is 0.841. The first-order valence-corrected chi connectivity index (χ1v) is 9.70. The summed E-state index contributed by atoms with van der Waals surface area (Å²) < 4.78 is 17.6. The van der Waals surface area contributed by atoms with Gasteiger partial charge in [-0.3, -0.25) is 4.79 Å². The second-order valence-corrected chi connectivity index (χ2v) is 7.22. The molecule has 1 N–H and O–H groups in total. The molecule has 0 bridgehead atoms. The molecule has 2 aromatic rings. The Morgan fingerprint density at radius 3 is 2.52 bits per heavy atom. The third-order valence-electron chi connectivity index (χ3n) is 3.56. The van der Waals surface area contributed by atoms with Gasteiger partial charge in [-0.05, 0) is 42.8 Å². The molecule has 0 atom stereocenters. The molecule has 1 amide bonds. The summed E-state index contributed by atoms with van der Waals surface area (Å²) in [6, 6.07) is 15.1. The van der Waals surface area contributed by atoms with Crippen molar-refractivity contribution in [1.29, 1.82) is 0 Å². The minimum Gasteiger partial charge on any atom is -0.490 e. The van der Waals surface area contributed by atoms with Crippen LogP contribution < -0.4 is 19.5 Å². The maximum absolute atomic E-state index is 11.8. The van der Waals surface area contributed by atoms with E-state index < -0.39 is 0 Å². The summed E-state index contributed by atoms with van der Waals surface area (Å²) in [7, 11) is 0. The molecule has 1 fully saturated rings. The molecule has 3 rings (SSSR count). The zero-order chi connectivity index (χ0) is 19.1. The van der Waals surface area contributed by atoms with Crippen LogP contribution in [0.3, 0.4) is 0 Å². The molecule has 27 heavy (non-hydrogen) atoms. The van der Waals surface area contributed by atoms with Gasteiger partial charge in [-0.2, -0.15) is 0 Å². The molecule has 140 valence electrons. The molecule has 1 aliphatic rings. The summed E-state index contributed by atoms with van der Waals surface area (Å²) in [5, 5.41) is 2.60. The molecule has 0 aliphatic carbocycles. The number of thioether (sulfide) groups is 1. The van der Waals surface area contributed by atoms with Crippen molar-refractivity contribution < 1.29 is 19.0 Å². The first kappa shape index (κ1) is 19.3. The van der Waals surface area contributed by atoms with Gasteiger partial charge in [0.25, 0.3) is 5.91 Å². The smallest absolute Gasteiger partial charge is 0.263 e. The van der Waals surface area contributed by atoms with E-state index in [0.717, 1.165) is 11.3 Å². The van der Waals surface area contributed by atoms with Crippen LogP contribution in [0, 0.1) is 0 Å². The summed E-state index contributed by atoms with van der Waals surface area (Å²) in [6.45, 7) is 3.24. The maximum Gasteiger partial charge on any atom is 0.263 e. The summed E-state index contributed by atoms with van der Waals surface area (Å²) >= 11 is 6.26. The zero-order valence-electron chi connectivity index (χ0n) is 14.8. The van der Waals surface area contributed by atoms with Gasteiger partial charge in [0.1, 0.15) is 23.3 Å². The van der Waals surface area contributed by atoms with E-state index in [-0.39, 0.29) is 5.91 Å². The largest absolute Gasteiger partial charge is 0.490 e. The highest BCUT2D eigenvalue weighted by molar-refractivity contribution is 8.26. The number of carbonyl (C=O) groups is 1. The average Bonchev–Trinajstić information content (AvgIpc) is 2.98. The van der Waals surface area contributed by atoms with E-state index in [9.17, 15) is 4.79 Å². The molecule has 0 radical (unpaired) electrons. The topological polar surface area (TPSA) is 56.8 Å². The minimum atomic E-state index is -0.179. The number of para-hydroxylation sites is 1. The number of carbonyl (C=O) groups excluding carboxylic acids is 1. The first-order chi connectivity index (χ1) is 13.2. The number of amides is 1. The van der Waals surface area contributed by atoms with Crippen molar-refractivity contribution in [3.8, 4) is 17.2 Å². The van der Waals surface area contributed by atoms with Crippen molar-refractivity contribution in [2.45, 2.75) is 6.92 Å². The Morgan fingerprint density at radius 1 is 1.04 bits per heavy atom.